The summed E-state index contributed by atoms with van der Waals surface area (Å²) >= 11 is 0. The van der Waals surface area contributed by atoms with E-state index in [-0.39, 0.29) is 5.91 Å². The number of carbonyl (C=O) groups is 1. The van der Waals surface area contributed by atoms with Crippen molar-refractivity contribution in [3.05, 3.63) is 18.5 Å². The molecule has 0 unspecified atom stereocenters. The van der Waals surface area contributed by atoms with Crippen molar-refractivity contribution in [3.8, 4) is 5.75 Å². The summed E-state index contributed by atoms with van der Waals surface area (Å²) in [5.41, 5.74) is 5.90. The Balaban J connectivity index is 2.12. The van der Waals surface area contributed by atoms with Crippen LogP contribution >= 0.6 is 0 Å². The SMILES string of the molecule is COc1ccncc1NC(=O)C1(N)CCCC1. The van der Waals surface area contributed by atoms with Crippen molar-refractivity contribution in [2.24, 2.45) is 5.73 Å². The van der Waals surface area contributed by atoms with Gasteiger partial charge in [0, 0.05) is 12.3 Å². The minimum Gasteiger partial charge on any atom is -0.494 e. The predicted octanol–water partition coefficient (Wildman–Crippen LogP) is 1.30. The van der Waals surface area contributed by atoms with Crippen LogP contribution in [0.5, 0.6) is 5.75 Å². The first-order chi connectivity index (χ1) is 8.15. The normalized spacial score (nSPS) is 17.8. The number of carbonyl (C=O) groups excluding carboxylic acids is 1. The first-order valence-corrected chi connectivity index (χ1v) is 5.74. The van der Waals surface area contributed by atoms with Gasteiger partial charge in [-0.3, -0.25) is 9.78 Å². The molecule has 0 aromatic carbocycles. The van der Waals surface area contributed by atoms with Crippen LogP contribution in [0.1, 0.15) is 25.7 Å². The Morgan fingerprint density at radius 2 is 2.24 bits per heavy atom. The second-order valence-electron chi connectivity index (χ2n) is 4.39. The number of amides is 1. The molecule has 0 spiro atoms. The van der Waals surface area contributed by atoms with E-state index in [0.29, 0.717) is 11.4 Å². The molecular weight excluding hydrogens is 218 g/mol. The van der Waals surface area contributed by atoms with Crippen LogP contribution in [0.25, 0.3) is 0 Å². The molecule has 5 nitrogen and oxygen atoms in total. The Morgan fingerprint density at radius 1 is 1.53 bits per heavy atom. The summed E-state index contributed by atoms with van der Waals surface area (Å²) in [5.74, 6) is 0.441. The van der Waals surface area contributed by atoms with E-state index in [1.54, 1.807) is 25.6 Å². The number of methoxy groups -OCH3 is 1. The molecule has 5 heteroatoms. The van der Waals surface area contributed by atoms with Gasteiger partial charge >= 0.3 is 0 Å². The standard InChI is InChI=1S/C12H17N3O2/c1-17-10-4-7-14-8-9(10)15-11(16)12(13)5-2-3-6-12/h4,7-8H,2-3,5-6,13H2,1H3,(H,15,16). The molecule has 1 aromatic rings. The maximum atomic E-state index is 12.1. The monoisotopic (exact) mass is 235 g/mol. The second kappa shape index (κ2) is 4.71. The molecule has 2 rings (SSSR count). The number of aromatic nitrogens is 1. The summed E-state index contributed by atoms with van der Waals surface area (Å²) in [5, 5.41) is 2.79. The Morgan fingerprint density at radius 3 is 2.88 bits per heavy atom. The van der Waals surface area contributed by atoms with Gasteiger partial charge in [-0.1, -0.05) is 12.8 Å². The third-order valence-corrected chi connectivity index (χ3v) is 3.20. The molecule has 17 heavy (non-hydrogen) atoms. The van der Waals surface area contributed by atoms with Crippen LogP contribution < -0.4 is 15.8 Å². The van der Waals surface area contributed by atoms with Crippen molar-refractivity contribution >= 4 is 11.6 Å². The molecule has 0 atom stereocenters. The molecule has 1 amide bonds. The fourth-order valence-electron chi connectivity index (χ4n) is 2.13. The van der Waals surface area contributed by atoms with E-state index in [2.05, 4.69) is 10.3 Å². The molecule has 1 aliphatic rings. The summed E-state index contributed by atoms with van der Waals surface area (Å²) < 4.78 is 5.15. The molecule has 92 valence electrons. The average Bonchev–Trinajstić information content (AvgIpc) is 2.78. The van der Waals surface area contributed by atoms with Gasteiger partial charge in [-0.2, -0.15) is 0 Å². The fraction of sp³-hybridized carbons (Fsp3) is 0.500. The van der Waals surface area contributed by atoms with E-state index < -0.39 is 5.54 Å². The van der Waals surface area contributed by atoms with Gasteiger partial charge in [0.1, 0.15) is 11.4 Å². The predicted molar refractivity (Wildman–Crippen MR) is 64.8 cm³/mol. The molecule has 0 aliphatic heterocycles. The minimum atomic E-state index is -0.735. The number of nitrogens with one attached hydrogen (secondary N) is 1. The van der Waals surface area contributed by atoms with Crippen molar-refractivity contribution in [3.63, 3.8) is 0 Å². The van der Waals surface area contributed by atoms with E-state index in [1.165, 1.54) is 0 Å². The lowest BCUT2D eigenvalue weighted by Crippen LogP contribution is -2.48. The molecule has 3 N–H and O–H groups in total. The van der Waals surface area contributed by atoms with Gasteiger partial charge in [0.2, 0.25) is 5.91 Å². The van der Waals surface area contributed by atoms with Crippen LogP contribution in [0.15, 0.2) is 18.5 Å². The Bertz CT molecular complexity index is 414. The zero-order valence-corrected chi connectivity index (χ0v) is 9.90. The number of pyridine rings is 1. The highest BCUT2D eigenvalue weighted by molar-refractivity contribution is 5.99. The molecule has 1 aliphatic carbocycles. The number of nitrogens with two attached hydrogens (primary N) is 1. The average molecular weight is 235 g/mol. The van der Waals surface area contributed by atoms with E-state index in [1.807, 2.05) is 0 Å². The van der Waals surface area contributed by atoms with Crippen LogP contribution in [0.2, 0.25) is 0 Å². The van der Waals surface area contributed by atoms with E-state index >= 15 is 0 Å². The molecule has 0 saturated heterocycles. The van der Waals surface area contributed by atoms with Gasteiger partial charge in [-0.25, -0.2) is 0 Å². The summed E-state index contributed by atoms with van der Waals surface area (Å²) in [6.45, 7) is 0. The highest BCUT2D eigenvalue weighted by Crippen LogP contribution is 2.30. The van der Waals surface area contributed by atoms with E-state index in [0.717, 1.165) is 25.7 Å². The molecule has 1 fully saturated rings. The van der Waals surface area contributed by atoms with Crippen molar-refractivity contribution in [2.45, 2.75) is 31.2 Å². The van der Waals surface area contributed by atoms with Crippen molar-refractivity contribution in [2.75, 3.05) is 12.4 Å². The van der Waals surface area contributed by atoms with Crippen LogP contribution in [-0.2, 0) is 4.79 Å². The van der Waals surface area contributed by atoms with Gasteiger partial charge in [0.25, 0.3) is 0 Å². The summed E-state index contributed by atoms with van der Waals surface area (Å²) in [6, 6.07) is 1.70. The summed E-state index contributed by atoms with van der Waals surface area (Å²) in [6.07, 6.45) is 6.67. The number of hydrogen-bond donors (Lipinski definition) is 2. The maximum absolute atomic E-state index is 12.1. The van der Waals surface area contributed by atoms with Crippen LogP contribution in [-0.4, -0.2) is 23.5 Å². The van der Waals surface area contributed by atoms with Gasteiger partial charge in [0.15, 0.2) is 0 Å². The highest BCUT2D eigenvalue weighted by Gasteiger charge is 2.37. The van der Waals surface area contributed by atoms with Crippen molar-refractivity contribution in [1.82, 2.24) is 4.98 Å². The molecule has 1 saturated carbocycles. The molecule has 0 bridgehead atoms. The summed E-state index contributed by atoms with van der Waals surface area (Å²) in [4.78, 5) is 16.0. The second-order valence-corrected chi connectivity index (χ2v) is 4.39. The third-order valence-electron chi connectivity index (χ3n) is 3.20. The third kappa shape index (κ3) is 2.39. The van der Waals surface area contributed by atoms with Gasteiger partial charge in [-0.15, -0.1) is 0 Å². The lowest BCUT2D eigenvalue weighted by molar-refractivity contribution is -0.121. The molecule has 1 aromatic heterocycles. The van der Waals surface area contributed by atoms with Crippen molar-refractivity contribution in [1.29, 1.82) is 0 Å². The van der Waals surface area contributed by atoms with Crippen LogP contribution in [0, 0.1) is 0 Å². The number of ether oxygens (including phenoxy) is 1. The largest absolute Gasteiger partial charge is 0.494 e. The number of anilines is 1. The molecular formula is C12H17N3O2. The fourth-order valence-corrected chi connectivity index (χ4v) is 2.13. The van der Waals surface area contributed by atoms with Crippen molar-refractivity contribution < 1.29 is 9.53 Å². The highest BCUT2D eigenvalue weighted by atomic mass is 16.5. The van der Waals surface area contributed by atoms with Crippen LogP contribution in [0.4, 0.5) is 5.69 Å². The number of nitrogens with zero attached hydrogens (tertiary/aromatic N) is 1. The van der Waals surface area contributed by atoms with E-state index in [4.69, 9.17) is 10.5 Å². The van der Waals surface area contributed by atoms with Gasteiger partial charge < -0.3 is 15.8 Å². The topological polar surface area (TPSA) is 77.2 Å². The Labute approximate surface area is 100 Å². The number of hydrogen-bond acceptors (Lipinski definition) is 4. The molecule has 1 heterocycles. The first-order valence-electron chi connectivity index (χ1n) is 5.74. The Hall–Kier alpha value is -1.62. The zero-order valence-electron chi connectivity index (χ0n) is 9.90. The minimum absolute atomic E-state index is 0.152. The van der Waals surface area contributed by atoms with Gasteiger partial charge in [-0.05, 0) is 12.8 Å². The number of rotatable bonds is 3. The Kier molecular flexibility index (Phi) is 3.28. The van der Waals surface area contributed by atoms with Gasteiger partial charge in [0.05, 0.1) is 18.8 Å². The van der Waals surface area contributed by atoms with E-state index in [9.17, 15) is 4.79 Å². The lowest BCUT2D eigenvalue weighted by atomic mass is 9.98. The van der Waals surface area contributed by atoms with Crippen LogP contribution in [0.3, 0.4) is 0 Å². The quantitative estimate of drug-likeness (QED) is 0.827. The lowest BCUT2D eigenvalue weighted by Gasteiger charge is -2.22. The molecule has 0 radical (unpaired) electrons. The first kappa shape index (κ1) is 11.9. The smallest absolute Gasteiger partial charge is 0.244 e. The zero-order chi connectivity index (χ0) is 12.3. The summed E-state index contributed by atoms with van der Waals surface area (Å²) in [7, 11) is 1.55. The maximum Gasteiger partial charge on any atom is 0.244 e.